The Morgan fingerprint density at radius 1 is 0.667 bits per heavy atom. The van der Waals surface area contributed by atoms with E-state index in [1.165, 1.54) is 61.6 Å². The summed E-state index contributed by atoms with van der Waals surface area (Å²) in [6.07, 6.45) is 11.7. The molecule has 2 rings (SSSR count). The lowest BCUT2D eigenvalue weighted by molar-refractivity contribution is 0.607. The zero-order valence-corrected chi connectivity index (χ0v) is 13.2. The van der Waals surface area contributed by atoms with Crippen LogP contribution in [-0.4, -0.2) is 0 Å². The molecule has 0 aromatic heterocycles. The predicted molar refractivity (Wildman–Crippen MR) is 92.5 cm³/mol. The van der Waals surface area contributed by atoms with Crippen LogP contribution in [0.25, 0.3) is 0 Å². The molecule has 0 atom stereocenters. The molecule has 0 aliphatic heterocycles. The molecule has 111 valence electrons. The van der Waals surface area contributed by atoms with Gasteiger partial charge in [0.1, 0.15) is 0 Å². The molecular weight excluding hydrogens is 252 g/mol. The summed E-state index contributed by atoms with van der Waals surface area (Å²) >= 11 is 0. The molecule has 21 heavy (non-hydrogen) atoms. The van der Waals surface area contributed by atoms with Gasteiger partial charge in [-0.2, -0.15) is 0 Å². The van der Waals surface area contributed by atoms with Gasteiger partial charge in [0.25, 0.3) is 0 Å². The molecule has 0 spiro atoms. The topological polar surface area (TPSA) is 0 Å². The van der Waals surface area contributed by atoms with Crippen LogP contribution in [-0.2, 0) is 6.42 Å². The second-order valence-electron chi connectivity index (χ2n) is 5.81. The lowest BCUT2D eigenvalue weighted by Crippen LogP contribution is -1.89. The Kier molecular flexibility index (Phi) is 7.07. The van der Waals surface area contributed by atoms with Gasteiger partial charge in [-0.1, -0.05) is 93.6 Å². The number of hydrogen-bond acceptors (Lipinski definition) is 0. The van der Waals surface area contributed by atoms with Crippen molar-refractivity contribution in [2.45, 2.75) is 51.9 Å². The third kappa shape index (κ3) is 6.16. The van der Waals surface area contributed by atoms with Crippen molar-refractivity contribution < 1.29 is 0 Å². The summed E-state index contributed by atoms with van der Waals surface area (Å²) in [5, 5.41) is 0. The maximum Gasteiger partial charge on any atom is 0.0199 e. The van der Waals surface area contributed by atoms with Crippen molar-refractivity contribution in [3.05, 3.63) is 77.7 Å². The highest BCUT2D eigenvalue weighted by Crippen LogP contribution is 2.14. The highest BCUT2D eigenvalue weighted by Gasteiger charge is 1.98. The van der Waals surface area contributed by atoms with Crippen molar-refractivity contribution in [3.63, 3.8) is 0 Å². The van der Waals surface area contributed by atoms with E-state index in [1.807, 2.05) is 0 Å². The van der Waals surface area contributed by atoms with Crippen molar-refractivity contribution in [2.75, 3.05) is 0 Å². The molecule has 0 aliphatic carbocycles. The average molecular weight is 279 g/mol. The second-order valence-corrected chi connectivity index (χ2v) is 5.81. The SMILES string of the molecule is CCCCCCCCc1ccc([CH]c2ccccc2)cc1. The molecule has 0 amide bonds. The van der Waals surface area contributed by atoms with Gasteiger partial charge in [0, 0.05) is 6.42 Å². The Labute approximate surface area is 130 Å². The van der Waals surface area contributed by atoms with Gasteiger partial charge in [-0.25, -0.2) is 0 Å². The van der Waals surface area contributed by atoms with Crippen LogP contribution in [0, 0.1) is 6.42 Å². The molecule has 0 saturated carbocycles. The first-order valence-corrected chi connectivity index (χ1v) is 8.37. The fraction of sp³-hybridized carbons (Fsp3) is 0.381. The van der Waals surface area contributed by atoms with Crippen LogP contribution in [0.4, 0.5) is 0 Å². The highest BCUT2D eigenvalue weighted by atomic mass is 14.0. The number of unbranched alkanes of at least 4 members (excludes halogenated alkanes) is 5. The van der Waals surface area contributed by atoms with E-state index in [0.29, 0.717) is 0 Å². The van der Waals surface area contributed by atoms with Crippen LogP contribution in [0.15, 0.2) is 54.6 Å². The molecule has 0 heteroatoms. The van der Waals surface area contributed by atoms with Crippen molar-refractivity contribution >= 4 is 0 Å². The third-order valence-corrected chi connectivity index (χ3v) is 3.93. The fourth-order valence-corrected chi connectivity index (χ4v) is 2.63. The largest absolute Gasteiger partial charge is 0.0654 e. The molecular formula is C21H27. The van der Waals surface area contributed by atoms with Gasteiger partial charge in [0.05, 0.1) is 0 Å². The lowest BCUT2D eigenvalue weighted by atomic mass is 10.0. The molecule has 0 unspecified atom stereocenters. The van der Waals surface area contributed by atoms with Crippen LogP contribution in [0.5, 0.6) is 0 Å². The minimum atomic E-state index is 1.22. The molecule has 0 heterocycles. The molecule has 0 saturated heterocycles. The van der Waals surface area contributed by atoms with E-state index in [0.717, 1.165) is 0 Å². The zero-order chi connectivity index (χ0) is 14.8. The third-order valence-electron chi connectivity index (χ3n) is 3.93. The van der Waals surface area contributed by atoms with E-state index in [4.69, 9.17) is 0 Å². The Bertz CT molecular complexity index is 481. The molecule has 1 radical (unpaired) electrons. The summed E-state index contributed by atoms with van der Waals surface area (Å²) in [7, 11) is 0. The van der Waals surface area contributed by atoms with E-state index >= 15 is 0 Å². The minimum Gasteiger partial charge on any atom is -0.0654 e. The van der Waals surface area contributed by atoms with Crippen molar-refractivity contribution in [1.29, 1.82) is 0 Å². The minimum absolute atomic E-state index is 1.22. The van der Waals surface area contributed by atoms with Crippen LogP contribution in [0.2, 0.25) is 0 Å². The van der Waals surface area contributed by atoms with E-state index in [1.54, 1.807) is 0 Å². The van der Waals surface area contributed by atoms with Crippen LogP contribution < -0.4 is 0 Å². The Hall–Kier alpha value is -1.56. The van der Waals surface area contributed by atoms with E-state index < -0.39 is 0 Å². The number of rotatable bonds is 9. The molecule has 0 N–H and O–H groups in total. The Morgan fingerprint density at radius 2 is 1.29 bits per heavy atom. The maximum atomic E-state index is 2.28. The highest BCUT2D eigenvalue weighted by molar-refractivity contribution is 5.37. The second kappa shape index (κ2) is 9.39. The van der Waals surface area contributed by atoms with Gasteiger partial charge >= 0.3 is 0 Å². The number of aryl methyl sites for hydroxylation is 1. The molecule has 0 aliphatic rings. The zero-order valence-electron chi connectivity index (χ0n) is 13.2. The number of benzene rings is 2. The Morgan fingerprint density at radius 3 is 2.00 bits per heavy atom. The molecule has 0 bridgehead atoms. The van der Waals surface area contributed by atoms with E-state index in [9.17, 15) is 0 Å². The fourth-order valence-electron chi connectivity index (χ4n) is 2.63. The Balaban J connectivity index is 1.72. The van der Waals surface area contributed by atoms with Gasteiger partial charge in [-0.15, -0.1) is 0 Å². The molecule has 2 aromatic carbocycles. The average Bonchev–Trinajstić information content (AvgIpc) is 2.53. The standard InChI is InChI=1S/C21H27/c1-2-3-4-5-6-8-11-19-14-16-21(17-15-19)18-20-12-9-7-10-13-20/h7,9-10,12-18H,2-6,8,11H2,1H3. The quantitative estimate of drug-likeness (QED) is 0.480. The van der Waals surface area contributed by atoms with Crippen LogP contribution >= 0.6 is 0 Å². The first-order chi connectivity index (χ1) is 10.4. The van der Waals surface area contributed by atoms with Crippen molar-refractivity contribution in [3.8, 4) is 0 Å². The van der Waals surface area contributed by atoms with E-state index in [-0.39, 0.29) is 0 Å². The van der Waals surface area contributed by atoms with Gasteiger partial charge < -0.3 is 0 Å². The smallest absolute Gasteiger partial charge is 0.0199 e. The normalized spacial score (nSPS) is 10.7. The van der Waals surface area contributed by atoms with Crippen LogP contribution in [0.1, 0.15) is 62.1 Å². The van der Waals surface area contributed by atoms with Crippen molar-refractivity contribution in [2.24, 2.45) is 0 Å². The summed E-state index contributed by atoms with van der Waals surface area (Å²) in [5.74, 6) is 0. The first-order valence-electron chi connectivity index (χ1n) is 8.37. The van der Waals surface area contributed by atoms with Crippen LogP contribution in [0.3, 0.4) is 0 Å². The predicted octanol–water partition coefficient (Wildman–Crippen LogP) is 6.19. The molecule has 0 fully saturated rings. The summed E-state index contributed by atoms with van der Waals surface area (Å²) in [4.78, 5) is 0. The lowest BCUT2D eigenvalue weighted by Gasteiger charge is -2.05. The summed E-state index contributed by atoms with van der Waals surface area (Å²) in [5.41, 5.74) is 4.02. The molecule has 2 aromatic rings. The summed E-state index contributed by atoms with van der Waals surface area (Å²) < 4.78 is 0. The monoisotopic (exact) mass is 279 g/mol. The van der Waals surface area contributed by atoms with Gasteiger partial charge in [-0.3, -0.25) is 0 Å². The van der Waals surface area contributed by atoms with Gasteiger partial charge in [0.2, 0.25) is 0 Å². The van der Waals surface area contributed by atoms with E-state index in [2.05, 4.69) is 67.9 Å². The van der Waals surface area contributed by atoms with Gasteiger partial charge in [0.15, 0.2) is 0 Å². The summed E-state index contributed by atoms with van der Waals surface area (Å²) in [6.45, 7) is 2.27. The van der Waals surface area contributed by atoms with Crippen molar-refractivity contribution in [1.82, 2.24) is 0 Å². The number of hydrogen-bond donors (Lipinski definition) is 0. The maximum absolute atomic E-state index is 2.28. The summed E-state index contributed by atoms with van der Waals surface area (Å²) in [6, 6.07) is 19.5. The molecule has 0 nitrogen and oxygen atoms in total. The van der Waals surface area contributed by atoms with Gasteiger partial charge in [-0.05, 0) is 29.5 Å². The first kappa shape index (κ1) is 15.8.